The molecule has 0 atom stereocenters. The summed E-state index contributed by atoms with van der Waals surface area (Å²) in [5, 5.41) is 57.9. The van der Waals surface area contributed by atoms with Crippen LogP contribution in [0.4, 0.5) is 0 Å². The number of benzene rings is 3. The second-order valence-corrected chi connectivity index (χ2v) is 20.2. The predicted octanol–water partition coefficient (Wildman–Crippen LogP) is 11.1. The number of hydrogen-bond donors (Lipinski definition) is 6. The molecule has 3 aromatic carbocycles. The van der Waals surface area contributed by atoms with E-state index in [1.54, 1.807) is 18.2 Å². The quantitative estimate of drug-likeness (QED) is 0.141. The Morgan fingerprint density at radius 2 is 0.509 bits per heavy atom. The molecule has 0 aromatic heterocycles. The third-order valence-electron chi connectivity index (χ3n) is 9.04. The van der Waals surface area contributed by atoms with Crippen molar-refractivity contribution in [1.29, 1.82) is 0 Å². The van der Waals surface area contributed by atoms with Gasteiger partial charge in [-0.1, -0.05) is 143 Å². The van der Waals surface area contributed by atoms with Gasteiger partial charge in [0.15, 0.2) is 0 Å². The third-order valence-corrected chi connectivity index (χ3v) is 9.04. The summed E-state index contributed by atoms with van der Waals surface area (Å²) in [7, 11) is 0. The van der Waals surface area contributed by atoms with E-state index < -0.39 is 17.9 Å². The number of carboxylic acids is 3. The van der Waals surface area contributed by atoms with Gasteiger partial charge < -0.3 is 30.6 Å². The number of aromatic carboxylic acids is 3. The van der Waals surface area contributed by atoms with E-state index in [9.17, 15) is 45.0 Å². The molecule has 0 aliphatic heterocycles. The topological polar surface area (TPSA) is 173 Å². The molecule has 0 fully saturated rings. The third kappa shape index (κ3) is 13.6. The summed E-state index contributed by atoms with van der Waals surface area (Å²) >= 11 is 0. The molecule has 0 aliphatic carbocycles. The van der Waals surface area contributed by atoms with Crippen LogP contribution in [0.15, 0.2) is 36.4 Å². The average molecular weight is 807 g/mol. The molecule has 0 radical (unpaired) electrons. The number of hydrogen-bond acceptors (Lipinski definition) is 6. The fourth-order valence-corrected chi connectivity index (χ4v) is 5.41. The van der Waals surface area contributed by atoms with Crippen LogP contribution in [0, 0.1) is 0 Å². The Morgan fingerprint density at radius 1 is 0.345 bits per heavy atom. The first-order valence-electron chi connectivity index (χ1n) is 18.2. The summed E-state index contributed by atoms with van der Waals surface area (Å²) in [6.07, 6.45) is 0. The molecule has 10 heteroatoms. The van der Waals surface area contributed by atoms with E-state index in [1.807, 2.05) is 143 Å². The zero-order valence-corrected chi connectivity index (χ0v) is 37.3. The molecule has 0 unspecified atom stereocenters. The van der Waals surface area contributed by atoms with Crippen LogP contribution >= 0.6 is 0 Å². The molecule has 0 amide bonds. The van der Waals surface area contributed by atoms with Crippen LogP contribution in [0.5, 0.6) is 17.2 Å². The van der Waals surface area contributed by atoms with Crippen molar-refractivity contribution < 1.29 is 62.1 Å². The van der Waals surface area contributed by atoms with Gasteiger partial charge in [0.05, 0.1) is 0 Å². The molecule has 0 saturated heterocycles. The van der Waals surface area contributed by atoms with E-state index in [4.69, 9.17) is 0 Å². The maximum absolute atomic E-state index is 11.2. The minimum atomic E-state index is -1.09. The van der Waals surface area contributed by atoms with Crippen LogP contribution in [-0.4, -0.2) is 48.5 Å². The molecule has 9 nitrogen and oxygen atoms in total. The maximum Gasteiger partial charge on any atom is 0.339 e. The standard InChI is InChI=1S/3C15H22O3.Fe/c3*1-14(2,3)9-7-10(13(17)18)12(16)11(8-9)15(4,5)6;/h3*7-8,16H,1-6H3,(H,17,18);. The molecule has 0 heterocycles. The van der Waals surface area contributed by atoms with Crippen molar-refractivity contribution in [1.82, 2.24) is 0 Å². The summed E-state index contributed by atoms with van der Waals surface area (Å²) in [5.41, 5.74) is 3.36. The number of carbonyl (C=O) groups is 3. The van der Waals surface area contributed by atoms with Crippen molar-refractivity contribution in [2.24, 2.45) is 0 Å². The van der Waals surface area contributed by atoms with Gasteiger partial charge in [-0.25, -0.2) is 14.4 Å². The van der Waals surface area contributed by atoms with Crippen LogP contribution in [0.1, 0.15) is 189 Å². The average Bonchev–Trinajstić information content (AvgIpc) is 2.94. The van der Waals surface area contributed by atoms with Crippen molar-refractivity contribution in [3.63, 3.8) is 0 Å². The van der Waals surface area contributed by atoms with Gasteiger partial charge in [0.1, 0.15) is 33.9 Å². The van der Waals surface area contributed by atoms with Crippen molar-refractivity contribution in [3.05, 3.63) is 86.5 Å². The fraction of sp³-hybridized carbons (Fsp3) is 0.533. The largest absolute Gasteiger partial charge is 0.507 e. The van der Waals surface area contributed by atoms with Gasteiger partial charge in [-0.15, -0.1) is 0 Å². The monoisotopic (exact) mass is 806 g/mol. The van der Waals surface area contributed by atoms with Gasteiger partial charge in [-0.05, 0) is 67.4 Å². The van der Waals surface area contributed by atoms with Crippen LogP contribution in [0.25, 0.3) is 0 Å². The summed E-state index contributed by atoms with van der Waals surface area (Å²) in [6, 6.07) is 10.4. The van der Waals surface area contributed by atoms with E-state index in [0.717, 1.165) is 16.7 Å². The SMILES string of the molecule is CC(C)(C)c1cc(C(=O)O)c(O)c(C(C)(C)C)c1.CC(C)(C)c1cc(C(=O)O)c(O)c(C(C)(C)C)c1.CC(C)(C)c1cc(C(=O)O)c(O)c(C(C)(C)C)c1.[Fe]. The van der Waals surface area contributed by atoms with Gasteiger partial charge in [-0.3, -0.25) is 0 Å². The Bertz CT molecular complexity index is 1650. The summed E-state index contributed by atoms with van der Waals surface area (Å²) in [5.74, 6) is -3.65. The van der Waals surface area contributed by atoms with Gasteiger partial charge in [0.25, 0.3) is 0 Å². The fourth-order valence-electron chi connectivity index (χ4n) is 5.41. The van der Waals surface area contributed by atoms with Gasteiger partial charge >= 0.3 is 17.9 Å². The maximum atomic E-state index is 11.2. The Hall–Kier alpha value is -4.01. The first kappa shape index (κ1) is 51.0. The Morgan fingerprint density at radius 3 is 0.618 bits per heavy atom. The normalized spacial score (nSPS) is 12.3. The number of aromatic hydroxyl groups is 3. The van der Waals surface area contributed by atoms with Crippen molar-refractivity contribution in [2.75, 3.05) is 0 Å². The molecule has 0 bridgehead atoms. The van der Waals surface area contributed by atoms with Crippen molar-refractivity contribution >= 4 is 17.9 Å². The molecule has 308 valence electrons. The summed E-state index contributed by atoms with van der Waals surface area (Å²) < 4.78 is 0. The molecule has 0 saturated carbocycles. The zero-order valence-electron chi connectivity index (χ0n) is 36.2. The predicted molar refractivity (Wildman–Crippen MR) is 217 cm³/mol. The minimum absolute atomic E-state index is 0. The Balaban J connectivity index is 0.000000788. The molecular weight excluding hydrogens is 740 g/mol. The minimum Gasteiger partial charge on any atom is -0.507 e. The van der Waals surface area contributed by atoms with Crippen LogP contribution in [0.2, 0.25) is 0 Å². The summed E-state index contributed by atoms with van der Waals surface area (Å²) in [4.78, 5) is 33.7. The molecule has 0 spiro atoms. The van der Waals surface area contributed by atoms with Gasteiger partial charge in [-0.2, -0.15) is 0 Å². The van der Waals surface area contributed by atoms with Crippen LogP contribution in [0.3, 0.4) is 0 Å². The Labute approximate surface area is 339 Å². The van der Waals surface area contributed by atoms with E-state index in [2.05, 4.69) is 0 Å². The molecular formula is C45H66FeO9. The van der Waals surface area contributed by atoms with E-state index in [-0.39, 0.29) is 83.5 Å². The van der Waals surface area contributed by atoms with Crippen molar-refractivity contribution in [2.45, 2.75) is 157 Å². The molecule has 3 rings (SSSR count). The Kier molecular flexibility index (Phi) is 16.1. The summed E-state index contributed by atoms with van der Waals surface area (Å²) in [6.45, 7) is 35.9. The second kappa shape index (κ2) is 17.4. The zero-order chi connectivity index (χ0) is 42.9. The first-order chi connectivity index (χ1) is 23.8. The molecule has 0 aliphatic rings. The number of carboxylic acid groups (broad SMARTS) is 3. The second-order valence-electron chi connectivity index (χ2n) is 20.2. The van der Waals surface area contributed by atoms with Gasteiger partial charge in [0.2, 0.25) is 0 Å². The smallest absolute Gasteiger partial charge is 0.339 e. The molecule has 3 aromatic rings. The van der Waals surface area contributed by atoms with Gasteiger partial charge in [0, 0.05) is 33.8 Å². The van der Waals surface area contributed by atoms with Crippen LogP contribution in [-0.2, 0) is 49.6 Å². The number of rotatable bonds is 3. The number of phenols is 3. The molecule has 55 heavy (non-hydrogen) atoms. The molecule has 6 N–H and O–H groups in total. The van der Waals surface area contributed by atoms with Crippen molar-refractivity contribution in [3.8, 4) is 17.2 Å². The van der Waals surface area contributed by atoms with E-state index >= 15 is 0 Å². The first-order valence-corrected chi connectivity index (χ1v) is 18.2. The van der Waals surface area contributed by atoms with E-state index in [1.165, 1.54) is 0 Å². The van der Waals surface area contributed by atoms with E-state index in [0.29, 0.717) is 16.7 Å². The van der Waals surface area contributed by atoms with Crippen LogP contribution < -0.4 is 0 Å².